The Bertz CT molecular complexity index is 541. The van der Waals surface area contributed by atoms with Gasteiger partial charge in [0.25, 0.3) is 0 Å². The second-order valence-electron chi connectivity index (χ2n) is 4.76. The quantitative estimate of drug-likeness (QED) is 0.811. The summed E-state index contributed by atoms with van der Waals surface area (Å²) in [5, 5.41) is 20.1. The van der Waals surface area contributed by atoms with Crippen molar-refractivity contribution in [2.75, 3.05) is 19.7 Å². The Labute approximate surface area is 123 Å². The van der Waals surface area contributed by atoms with Crippen LogP contribution in [0.3, 0.4) is 0 Å². The second-order valence-corrected chi connectivity index (χ2v) is 5.63. The number of alkyl halides is 3. The van der Waals surface area contributed by atoms with E-state index >= 15 is 0 Å². The van der Waals surface area contributed by atoms with E-state index in [1.807, 2.05) is 11.6 Å². The lowest BCUT2D eigenvalue weighted by molar-refractivity contribution is -0.139. The van der Waals surface area contributed by atoms with Crippen LogP contribution in [0.4, 0.5) is 13.2 Å². The minimum absolute atomic E-state index is 0.0300. The maximum absolute atomic E-state index is 12.3. The van der Waals surface area contributed by atoms with Crippen LogP contribution in [0.15, 0.2) is 17.8 Å². The second kappa shape index (κ2) is 6.73. The fourth-order valence-corrected chi connectivity index (χ4v) is 2.68. The number of rotatable bonds is 7. The lowest BCUT2D eigenvalue weighted by atomic mass is 10.3. The van der Waals surface area contributed by atoms with Gasteiger partial charge >= 0.3 is 6.18 Å². The molecule has 0 aliphatic rings. The molecule has 0 aromatic carbocycles. The number of aliphatic hydroxyl groups is 2. The van der Waals surface area contributed by atoms with Crippen LogP contribution >= 0.6 is 11.3 Å². The number of nitrogens with zero attached hydrogens (tertiary/aromatic N) is 3. The van der Waals surface area contributed by atoms with E-state index < -0.39 is 25.3 Å². The predicted molar refractivity (Wildman–Crippen MR) is 72.1 cm³/mol. The fourth-order valence-electron chi connectivity index (χ4n) is 1.96. The van der Waals surface area contributed by atoms with E-state index in [0.29, 0.717) is 5.69 Å². The van der Waals surface area contributed by atoms with Gasteiger partial charge in [-0.05, 0) is 0 Å². The standard InChI is InChI=1S/C12H16F3N3O2S/c13-12(14,15)1-2-17(7-10(20)8-19)5-9-6-18-3-4-21-11(18)16-9/h3-4,6,10,19-20H,1-2,5,7-8H2/t10-/m0/s1. The van der Waals surface area contributed by atoms with E-state index in [1.165, 1.54) is 16.2 Å². The predicted octanol–water partition coefficient (Wildman–Crippen LogP) is 1.50. The van der Waals surface area contributed by atoms with Crippen LogP contribution in [0, 0.1) is 0 Å². The third-order valence-electron chi connectivity index (χ3n) is 2.92. The minimum Gasteiger partial charge on any atom is -0.394 e. The zero-order valence-corrected chi connectivity index (χ0v) is 11.9. The molecule has 5 nitrogen and oxygen atoms in total. The van der Waals surface area contributed by atoms with Gasteiger partial charge in [-0.1, -0.05) is 0 Å². The van der Waals surface area contributed by atoms with Crippen LogP contribution in [-0.2, 0) is 6.54 Å². The van der Waals surface area contributed by atoms with Gasteiger partial charge in [0.15, 0.2) is 4.96 Å². The van der Waals surface area contributed by atoms with Crippen molar-refractivity contribution in [3.05, 3.63) is 23.5 Å². The van der Waals surface area contributed by atoms with Crippen molar-refractivity contribution in [2.24, 2.45) is 0 Å². The maximum Gasteiger partial charge on any atom is 0.390 e. The van der Waals surface area contributed by atoms with Crippen LogP contribution in [0.1, 0.15) is 12.1 Å². The molecule has 0 spiro atoms. The summed E-state index contributed by atoms with van der Waals surface area (Å²) < 4.78 is 38.8. The van der Waals surface area contributed by atoms with Gasteiger partial charge < -0.3 is 10.2 Å². The number of hydrogen-bond donors (Lipinski definition) is 2. The molecule has 118 valence electrons. The highest BCUT2D eigenvalue weighted by molar-refractivity contribution is 7.15. The first-order valence-electron chi connectivity index (χ1n) is 6.36. The molecule has 0 fully saturated rings. The highest BCUT2D eigenvalue weighted by Crippen LogP contribution is 2.21. The van der Waals surface area contributed by atoms with Crippen molar-refractivity contribution in [3.8, 4) is 0 Å². The number of hydrogen-bond acceptors (Lipinski definition) is 5. The molecule has 2 aromatic rings. The maximum atomic E-state index is 12.3. The van der Waals surface area contributed by atoms with E-state index in [2.05, 4.69) is 4.98 Å². The van der Waals surface area contributed by atoms with Gasteiger partial charge in [0.2, 0.25) is 0 Å². The van der Waals surface area contributed by atoms with Crippen molar-refractivity contribution in [3.63, 3.8) is 0 Å². The Kier molecular flexibility index (Phi) is 5.20. The molecule has 0 unspecified atom stereocenters. The third kappa shape index (κ3) is 4.95. The zero-order chi connectivity index (χ0) is 15.5. The Morgan fingerprint density at radius 3 is 2.81 bits per heavy atom. The van der Waals surface area contributed by atoms with Crippen molar-refractivity contribution in [2.45, 2.75) is 25.2 Å². The first kappa shape index (κ1) is 16.2. The summed E-state index contributed by atoms with van der Waals surface area (Å²) in [6, 6.07) is 0. The third-order valence-corrected chi connectivity index (χ3v) is 3.69. The largest absolute Gasteiger partial charge is 0.394 e. The molecule has 9 heteroatoms. The Morgan fingerprint density at radius 1 is 1.43 bits per heavy atom. The molecule has 0 amide bonds. The topological polar surface area (TPSA) is 61.0 Å². The number of halogens is 3. The lowest BCUT2D eigenvalue weighted by Crippen LogP contribution is -2.36. The summed E-state index contributed by atoms with van der Waals surface area (Å²) in [7, 11) is 0. The zero-order valence-electron chi connectivity index (χ0n) is 11.1. The van der Waals surface area contributed by atoms with Crippen molar-refractivity contribution in [1.29, 1.82) is 0 Å². The van der Waals surface area contributed by atoms with Crippen LogP contribution in [0.5, 0.6) is 0 Å². The van der Waals surface area contributed by atoms with E-state index in [0.717, 1.165) is 4.96 Å². The summed E-state index contributed by atoms with van der Waals surface area (Å²) in [6.07, 6.45) is -2.72. The molecule has 2 heterocycles. The lowest BCUT2D eigenvalue weighted by Gasteiger charge is -2.24. The molecule has 0 aliphatic carbocycles. The first-order chi connectivity index (χ1) is 9.87. The Morgan fingerprint density at radius 2 is 2.19 bits per heavy atom. The summed E-state index contributed by atoms with van der Waals surface area (Å²) in [5.41, 5.74) is 0.633. The van der Waals surface area contributed by atoms with Gasteiger partial charge in [-0.3, -0.25) is 9.30 Å². The number of imidazole rings is 1. The smallest absolute Gasteiger partial charge is 0.390 e. The molecule has 1 atom stereocenters. The molecule has 0 saturated carbocycles. The van der Waals surface area contributed by atoms with E-state index in [-0.39, 0.29) is 19.6 Å². The average Bonchev–Trinajstić information content (AvgIpc) is 2.95. The molecule has 0 radical (unpaired) electrons. The van der Waals surface area contributed by atoms with Gasteiger partial charge in [0.05, 0.1) is 24.8 Å². The Balaban J connectivity index is 2.01. The normalized spacial score (nSPS) is 14.2. The molecule has 0 saturated heterocycles. The van der Waals surface area contributed by atoms with E-state index in [9.17, 15) is 18.3 Å². The first-order valence-corrected chi connectivity index (χ1v) is 7.24. The van der Waals surface area contributed by atoms with Gasteiger partial charge in [-0.2, -0.15) is 13.2 Å². The summed E-state index contributed by atoms with van der Waals surface area (Å²) >= 11 is 1.44. The van der Waals surface area contributed by atoms with E-state index in [4.69, 9.17) is 5.11 Å². The van der Waals surface area contributed by atoms with Gasteiger partial charge in [0, 0.05) is 37.4 Å². The highest BCUT2D eigenvalue weighted by Gasteiger charge is 2.28. The summed E-state index contributed by atoms with van der Waals surface area (Å²) in [5.74, 6) is 0. The number of fused-ring (bicyclic) bond motifs is 1. The van der Waals surface area contributed by atoms with Crippen LogP contribution < -0.4 is 0 Å². The molecule has 2 N–H and O–H groups in total. The van der Waals surface area contributed by atoms with Gasteiger partial charge in [0.1, 0.15) is 0 Å². The number of aliphatic hydroxyl groups excluding tert-OH is 2. The summed E-state index contributed by atoms with van der Waals surface area (Å²) in [6.45, 7) is -0.564. The van der Waals surface area contributed by atoms with Gasteiger partial charge in [-0.25, -0.2) is 4.98 Å². The molecule has 21 heavy (non-hydrogen) atoms. The molecule has 2 rings (SSSR count). The van der Waals surface area contributed by atoms with Crippen molar-refractivity contribution in [1.82, 2.24) is 14.3 Å². The molecular weight excluding hydrogens is 307 g/mol. The molecule has 0 bridgehead atoms. The van der Waals surface area contributed by atoms with E-state index in [1.54, 1.807) is 10.6 Å². The van der Waals surface area contributed by atoms with Crippen molar-refractivity contribution < 1.29 is 23.4 Å². The Hall–Kier alpha value is -1.16. The van der Waals surface area contributed by atoms with Gasteiger partial charge in [-0.15, -0.1) is 11.3 Å². The molecule has 2 aromatic heterocycles. The summed E-state index contributed by atoms with van der Waals surface area (Å²) in [4.78, 5) is 6.52. The fraction of sp³-hybridized carbons (Fsp3) is 0.583. The molecule has 0 aliphatic heterocycles. The van der Waals surface area contributed by atoms with Crippen molar-refractivity contribution >= 4 is 16.3 Å². The highest BCUT2D eigenvalue weighted by atomic mass is 32.1. The number of thiazole rings is 1. The SMILES string of the molecule is OC[C@@H](O)CN(CCC(F)(F)F)Cc1cn2ccsc2n1. The minimum atomic E-state index is -4.25. The number of aromatic nitrogens is 2. The van der Waals surface area contributed by atoms with Crippen LogP contribution in [0.2, 0.25) is 0 Å². The van der Waals surface area contributed by atoms with Crippen LogP contribution in [0.25, 0.3) is 4.96 Å². The monoisotopic (exact) mass is 323 g/mol. The van der Waals surface area contributed by atoms with Crippen LogP contribution in [-0.4, -0.2) is 56.5 Å². The molecular formula is C12H16F3N3O2S. The average molecular weight is 323 g/mol.